The Bertz CT molecular complexity index is 656. The van der Waals surface area contributed by atoms with Crippen molar-refractivity contribution < 1.29 is 9.21 Å². The van der Waals surface area contributed by atoms with Gasteiger partial charge < -0.3 is 18.8 Å². The van der Waals surface area contributed by atoms with Gasteiger partial charge in [-0.2, -0.15) is 0 Å². The highest BCUT2D eigenvalue weighted by Crippen LogP contribution is 2.18. The molecule has 0 N–H and O–H groups in total. The molecule has 3 rings (SSSR count). The number of aromatic nitrogens is 2. The van der Waals surface area contributed by atoms with E-state index < -0.39 is 0 Å². The molecule has 0 bridgehead atoms. The molecular formula is C15H21ClN4O2. The van der Waals surface area contributed by atoms with E-state index in [1.54, 1.807) is 6.20 Å². The minimum atomic E-state index is 0. The maximum atomic E-state index is 12.5. The van der Waals surface area contributed by atoms with Gasteiger partial charge in [0.25, 0.3) is 5.91 Å². The molecule has 3 heterocycles. The average molecular weight is 325 g/mol. The van der Waals surface area contributed by atoms with E-state index in [0.717, 1.165) is 24.8 Å². The first-order valence-corrected chi connectivity index (χ1v) is 7.15. The van der Waals surface area contributed by atoms with Gasteiger partial charge in [0, 0.05) is 45.6 Å². The van der Waals surface area contributed by atoms with E-state index in [0.29, 0.717) is 24.4 Å². The number of hydrogen-bond acceptors (Lipinski definition) is 4. The Morgan fingerprint density at radius 1 is 1.23 bits per heavy atom. The van der Waals surface area contributed by atoms with Gasteiger partial charge in [-0.05, 0) is 19.9 Å². The van der Waals surface area contributed by atoms with Gasteiger partial charge in [0.1, 0.15) is 11.5 Å². The Morgan fingerprint density at radius 2 is 1.91 bits per heavy atom. The smallest absolute Gasteiger partial charge is 0.257 e. The molecule has 1 fully saturated rings. The summed E-state index contributed by atoms with van der Waals surface area (Å²) in [6.45, 7) is 6.71. The van der Waals surface area contributed by atoms with Crippen molar-refractivity contribution >= 4 is 24.3 Å². The molecule has 0 spiro atoms. The highest BCUT2D eigenvalue weighted by molar-refractivity contribution is 5.95. The molecule has 0 aromatic carbocycles. The number of imidazole rings is 1. The van der Waals surface area contributed by atoms with Crippen LogP contribution in [0, 0.1) is 13.8 Å². The monoisotopic (exact) mass is 324 g/mol. The number of nitrogens with zero attached hydrogens (tertiary/aromatic N) is 4. The molecule has 1 aliphatic heterocycles. The fraction of sp³-hybridized carbons (Fsp3) is 0.467. The van der Waals surface area contributed by atoms with Crippen LogP contribution in [0.3, 0.4) is 0 Å². The number of carbonyl (C=O) groups is 1. The summed E-state index contributed by atoms with van der Waals surface area (Å²) in [5.74, 6) is 2.49. The lowest BCUT2D eigenvalue weighted by Crippen LogP contribution is -2.49. The van der Waals surface area contributed by atoms with E-state index >= 15 is 0 Å². The van der Waals surface area contributed by atoms with Crippen LogP contribution in [-0.2, 0) is 7.05 Å². The average Bonchev–Trinajstić information content (AvgIpc) is 3.04. The topological polar surface area (TPSA) is 54.5 Å². The molecule has 22 heavy (non-hydrogen) atoms. The first-order valence-electron chi connectivity index (χ1n) is 7.15. The van der Waals surface area contributed by atoms with Gasteiger partial charge in [0.05, 0.1) is 5.56 Å². The third-order valence-corrected chi connectivity index (χ3v) is 3.92. The molecule has 0 saturated carbocycles. The Balaban J connectivity index is 0.00000176. The van der Waals surface area contributed by atoms with Crippen molar-refractivity contribution in [2.45, 2.75) is 13.8 Å². The lowest BCUT2D eigenvalue weighted by molar-refractivity contribution is 0.0744. The number of rotatable bonds is 2. The predicted octanol–water partition coefficient (Wildman–Crippen LogP) is 2.01. The SMILES string of the molecule is Cc1cc(C(=O)N2CCN(c3nccn3C)CC2)c(C)o1.Cl. The minimum absolute atomic E-state index is 0. The molecule has 0 aliphatic carbocycles. The summed E-state index contributed by atoms with van der Waals surface area (Å²) in [6.07, 6.45) is 3.73. The lowest BCUT2D eigenvalue weighted by atomic mass is 10.2. The van der Waals surface area contributed by atoms with Gasteiger partial charge >= 0.3 is 0 Å². The Kier molecular flexibility index (Phi) is 4.81. The maximum Gasteiger partial charge on any atom is 0.257 e. The van der Waals surface area contributed by atoms with Crippen LogP contribution < -0.4 is 4.90 Å². The molecular weight excluding hydrogens is 304 g/mol. The summed E-state index contributed by atoms with van der Waals surface area (Å²) in [5.41, 5.74) is 0.679. The highest BCUT2D eigenvalue weighted by Gasteiger charge is 2.25. The van der Waals surface area contributed by atoms with E-state index in [4.69, 9.17) is 4.42 Å². The van der Waals surface area contributed by atoms with Gasteiger partial charge in [-0.3, -0.25) is 4.79 Å². The molecule has 1 amide bonds. The Morgan fingerprint density at radius 3 is 2.41 bits per heavy atom. The van der Waals surface area contributed by atoms with Gasteiger partial charge in [-0.25, -0.2) is 4.98 Å². The number of amides is 1. The first-order chi connectivity index (χ1) is 10.1. The summed E-state index contributed by atoms with van der Waals surface area (Å²) in [7, 11) is 1.98. The van der Waals surface area contributed by atoms with Crippen molar-refractivity contribution in [1.29, 1.82) is 0 Å². The lowest BCUT2D eigenvalue weighted by Gasteiger charge is -2.35. The molecule has 6 nitrogen and oxygen atoms in total. The normalized spacial score (nSPS) is 14.9. The van der Waals surface area contributed by atoms with Crippen molar-refractivity contribution in [3.05, 3.63) is 35.5 Å². The van der Waals surface area contributed by atoms with Crippen molar-refractivity contribution in [2.24, 2.45) is 7.05 Å². The molecule has 7 heteroatoms. The van der Waals surface area contributed by atoms with Gasteiger partial charge in [0.15, 0.2) is 0 Å². The summed E-state index contributed by atoms with van der Waals surface area (Å²) in [6, 6.07) is 1.82. The van der Waals surface area contributed by atoms with E-state index in [9.17, 15) is 4.79 Å². The number of hydrogen-bond donors (Lipinski definition) is 0. The predicted molar refractivity (Wildman–Crippen MR) is 86.8 cm³/mol. The van der Waals surface area contributed by atoms with Crippen molar-refractivity contribution in [1.82, 2.24) is 14.5 Å². The van der Waals surface area contributed by atoms with E-state index in [1.807, 2.05) is 42.6 Å². The number of anilines is 1. The van der Waals surface area contributed by atoms with E-state index in [-0.39, 0.29) is 18.3 Å². The van der Waals surface area contributed by atoms with Crippen LogP contribution in [0.25, 0.3) is 0 Å². The molecule has 120 valence electrons. The number of aryl methyl sites for hydroxylation is 3. The summed E-state index contributed by atoms with van der Waals surface area (Å²) < 4.78 is 7.45. The number of furan rings is 1. The van der Waals surface area contributed by atoms with Crippen LogP contribution in [0.15, 0.2) is 22.9 Å². The Hall–Kier alpha value is -1.95. The van der Waals surface area contributed by atoms with Crippen LogP contribution in [0.4, 0.5) is 5.95 Å². The minimum Gasteiger partial charge on any atom is -0.466 e. The fourth-order valence-electron chi connectivity index (χ4n) is 2.79. The third kappa shape index (κ3) is 2.97. The second kappa shape index (κ2) is 6.44. The van der Waals surface area contributed by atoms with Crippen molar-refractivity contribution in [2.75, 3.05) is 31.1 Å². The number of halogens is 1. The maximum absolute atomic E-state index is 12.5. The largest absolute Gasteiger partial charge is 0.466 e. The molecule has 0 radical (unpaired) electrons. The van der Waals surface area contributed by atoms with Crippen molar-refractivity contribution in [3.8, 4) is 0 Å². The first kappa shape index (κ1) is 16.4. The molecule has 2 aromatic heterocycles. The fourth-order valence-corrected chi connectivity index (χ4v) is 2.79. The zero-order valence-corrected chi connectivity index (χ0v) is 13.9. The molecule has 1 aliphatic rings. The van der Waals surface area contributed by atoms with Gasteiger partial charge in [0.2, 0.25) is 5.95 Å². The molecule has 2 aromatic rings. The quantitative estimate of drug-likeness (QED) is 0.848. The summed E-state index contributed by atoms with van der Waals surface area (Å²) in [4.78, 5) is 21.0. The summed E-state index contributed by atoms with van der Waals surface area (Å²) >= 11 is 0. The molecule has 0 atom stereocenters. The molecule has 1 saturated heterocycles. The van der Waals surface area contributed by atoms with Crippen LogP contribution >= 0.6 is 12.4 Å². The Labute approximate surface area is 136 Å². The van der Waals surface area contributed by atoms with Crippen LogP contribution in [-0.4, -0.2) is 46.5 Å². The van der Waals surface area contributed by atoms with Crippen LogP contribution in [0.2, 0.25) is 0 Å². The summed E-state index contributed by atoms with van der Waals surface area (Å²) in [5, 5.41) is 0. The zero-order chi connectivity index (χ0) is 15.0. The number of carbonyl (C=O) groups excluding carboxylic acids is 1. The van der Waals surface area contributed by atoms with Gasteiger partial charge in [-0.15, -0.1) is 12.4 Å². The van der Waals surface area contributed by atoms with Gasteiger partial charge in [-0.1, -0.05) is 0 Å². The number of piperazine rings is 1. The van der Waals surface area contributed by atoms with E-state index in [1.165, 1.54) is 0 Å². The van der Waals surface area contributed by atoms with Crippen LogP contribution in [0.5, 0.6) is 0 Å². The standard InChI is InChI=1S/C15H20N4O2.ClH/c1-11-10-13(12(2)21-11)14(20)18-6-8-19(9-7-18)15-16-4-5-17(15)3;/h4-5,10H,6-9H2,1-3H3;1H. The second-order valence-corrected chi connectivity index (χ2v) is 5.44. The van der Waals surface area contributed by atoms with Crippen LogP contribution in [0.1, 0.15) is 21.9 Å². The zero-order valence-electron chi connectivity index (χ0n) is 13.1. The van der Waals surface area contributed by atoms with E-state index in [2.05, 4.69) is 9.88 Å². The van der Waals surface area contributed by atoms with Crippen molar-refractivity contribution in [3.63, 3.8) is 0 Å². The second-order valence-electron chi connectivity index (χ2n) is 5.44. The molecule has 0 unspecified atom stereocenters. The third-order valence-electron chi connectivity index (χ3n) is 3.92. The highest BCUT2D eigenvalue weighted by atomic mass is 35.5.